The number of hydrogen-bond donors (Lipinski definition) is 0. The summed E-state index contributed by atoms with van der Waals surface area (Å²) in [4.78, 5) is 0. The van der Waals surface area contributed by atoms with Crippen molar-refractivity contribution in [1.29, 1.82) is 0 Å². The topological polar surface area (TPSA) is 0 Å². The van der Waals surface area contributed by atoms with Crippen LogP contribution in [0.1, 0.15) is 40.0 Å². The van der Waals surface area contributed by atoms with Crippen molar-refractivity contribution in [3.8, 4) is 12.0 Å². The first-order valence-corrected chi connectivity index (χ1v) is 7.84. The van der Waals surface area contributed by atoms with Crippen LogP contribution in [0.25, 0.3) is 0 Å². The first-order valence-electron chi connectivity index (χ1n) is 5.22. The van der Waals surface area contributed by atoms with E-state index in [-0.39, 0.29) is 0 Å². The molecule has 0 nitrogen and oxygen atoms in total. The molecule has 1 heteroatoms. The summed E-state index contributed by atoms with van der Waals surface area (Å²) >= 11 is 0. The number of terminal acetylenes is 1. The van der Waals surface area contributed by atoms with Crippen LogP contribution >= 0.6 is 0 Å². The summed E-state index contributed by atoms with van der Waals surface area (Å²) in [6.45, 7) is 6.76. The van der Waals surface area contributed by atoms with Gasteiger partial charge in [0.2, 0.25) is 0 Å². The van der Waals surface area contributed by atoms with Crippen LogP contribution in [0.2, 0.25) is 18.1 Å². The molecule has 0 aromatic heterocycles. The lowest BCUT2D eigenvalue weighted by Gasteiger charge is -2.24. The molecule has 0 saturated heterocycles. The van der Waals surface area contributed by atoms with Gasteiger partial charge in [-0.15, -0.1) is 12.0 Å². The highest BCUT2D eigenvalue weighted by Gasteiger charge is 2.27. The van der Waals surface area contributed by atoms with Crippen LogP contribution in [0.4, 0.5) is 0 Å². The van der Waals surface area contributed by atoms with Gasteiger partial charge in [-0.05, 0) is 18.1 Å². The summed E-state index contributed by atoms with van der Waals surface area (Å²) < 4.78 is 0. The minimum atomic E-state index is -1.24. The lowest BCUT2D eigenvalue weighted by Crippen LogP contribution is -2.31. The molecule has 0 amide bonds. The van der Waals surface area contributed by atoms with E-state index in [1.54, 1.807) is 0 Å². The highest BCUT2D eigenvalue weighted by Crippen LogP contribution is 2.24. The zero-order chi connectivity index (χ0) is 9.45. The van der Waals surface area contributed by atoms with Gasteiger partial charge in [-0.1, -0.05) is 40.0 Å². The Hall–Kier alpha value is -0.223. The quantitative estimate of drug-likeness (QED) is 0.432. The largest absolute Gasteiger partial charge is 0.138 e. The maximum Gasteiger partial charge on any atom is 0.138 e. The molecule has 0 atom stereocenters. The average molecular weight is 182 g/mol. The standard InChI is InChI=1S/C11H22Si/c1-5-9-12(8-4,10-6-2)11-7-3/h4H,5-7,9-11H2,1-3H3. The molecule has 0 aliphatic heterocycles. The van der Waals surface area contributed by atoms with E-state index in [4.69, 9.17) is 6.42 Å². The number of rotatable bonds is 6. The molecule has 0 aromatic carbocycles. The van der Waals surface area contributed by atoms with E-state index in [1.165, 1.54) is 37.4 Å². The summed E-state index contributed by atoms with van der Waals surface area (Å²) in [7, 11) is -1.24. The molecule has 0 fully saturated rings. The van der Waals surface area contributed by atoms with Crippen LogP contribution in [0.3, 0.4) is 0 Å². The Morgan fingerprint density at radius 1 is 0.917 bits per heavy atom. The predicted octanol–water partition coefficient (Wildman–Crippen LogP) is 3.84. The molecule has 0 spiro atoms. The maximum absolute atomic E-state index is 5.68. The fourth-order valence-electron chi connectivity index (χ4n) is 2.03. The third-order valence-electron chi connectivity index (χ3n) is 2.49. The van der Waals surface area contributed by atoms with Gasteiger partial charge in [-0.25, -0.2) is 0 Å². The lowest BCUT2D eigenvalue weighted by molar-refractivity contribution is 0.940. The minimum absolute atomic E-state index is 1.24. The second kappa shape index (κ2) is 6.31. The molecule has 0 saturated carbocycles. The molecule has 0 aromatic rings. The van der Waals surface area contributed by atoms with Crippen LogP contribution in [0.5, 0.6) is 0 Å². The summed E-state index contributed by atoms with van der Waals surface area (Å²) in [6.07, 6.45) is 9.50. The minimum Gasteiger partial charge on any atom is -0.135 e. The van der Waals surface area contributed by atoms with Crippen molar-refractivity contribution in [2.75, 3.05) is 0 Å². The van der Waals surface area contributed by atoms with Crippen molar-refractivity contribution in [1.82, 2.24) is 0 Å². The zero-order valence-electron chi connectivity index (χ0n) is 8.82. The average Bonchev–Trinajstić information content (AvgIpc) is 2.06. The second-order valence-electron chi connectivity index (χ2n) is 3.67. The van der Waals surface area contributed by atoms with Gasteiger partial charge in [-0.3, -0.25) is 0 Å². The molecular weight excluding hydrogens is 160 g/mol. The third kappa shape index (κ3) is 3.45. The maximum atomic E-state index is 5.68. The van der Waals surface area contributed by atoms with E-state index in [9.17, 15) is 0 Å². The highest BCUT2D eigenvalue weighted by molar-refractivity contribution is 6.87. The van der Waals surface area contributed by atoms with Crippen LogP contribution < -0.4 is 0 Å². The molecule has 12 heavy (non-hydrogen) atoms. The van der Waals surface area contributed by atoms with Gasteiger partial charge in [0.05, 0.1) is 0 Å². The zero-order valence-corrected chi connectivity index (χ0v) is 9.82. The first kappa shape index (κ1) is 11.8. The SMILES string of the molecule is C#C[Si](CCC)(CCC)CCC. The van der Waals surface area contributed by atoms with Crippen LogP contribution in [0, 0.1) is 12.0 Å². The molecule has 0 aliphatic carbocycles. The Labute approximate surface area is 78.8 Å². The van der Waals surface area contributed by atoms with Crippen molar-refractivity contribution < 1.29 is 0 Å². The van der Waals surface area contributed by atoms with Crippen molar-refractivity contribution in [2.45, 2.75) is 58.2 Å². The molecule has 0 unspecified atom stereocenters. The van der Waals surface area contributed by atoms with E-state index in [0.29, 0.717) is 0 Å². The van der Waals surface area contributed by atoms with E-state index in [1.807, 2.05) is 0 Å². The Bertz CT molecular complexity index is 127. The molecule has 0 bridgehead atoms. The monoisotopic (exact) mass is 182 g/mol. The lowest BCUT2D eigenvalue weighted by atomic mass is 10.5. The second-order valence-corrected chi connectivity index (χ2v) is 8.02. The van der Waals surface area contributed by atoms with Gasteiger partial charge >= 0.3 is 0 Å². The van der Waals surface area contributed by atoms with Gasteiger partial charge in [0.15, 0.2) is 0 Å². The fraction of sp³-hybridized carbons (Fsp3) is 0.818. The summed E-state index contributed by atoms with van der Waals surface area (Å²) in [6, 6.07) is 4.02. The van der Waals surface area contributed by atoms with E-state index in [2.05, 4.69) is 26.3 Å². The van der Waals surface area contributed by atoms with Gasteiger partial charge in [0.25, 0.3) is 0 Å². The Morgan fingerprint density at radius 3 is 1.42 bits per heavy atom. The van der Waals surface area contributed by atoms with Crippen LogP contribution in [-0.2, 0) is 0 Å². The van der Waals surface area contributed by atoms with Crippen molar-refractivity contribution in [3.63, 3.8) is 0 Å². The van der Waals surface area contributed by atoms with Crippen molar-refractivity contribution in [2.24, 2.45) is 0 Å². The Balaban J connectivity index is 4.19. The van der Waals surface area contributed by atoms with Crippen molar-refractivity contribution in [3.05, 3.63) is 0 Å². The summed E-state index contributed by atoms with van der Waals surface area (Å²) in [5.74, 6) is 0. The van der Waals surface area contributed by atoms with Gasteiger partial charge in [0, 0.05) is 0 Å². The van der Waals surface area contributed by atoms with E-state index in [0.717, 1.165) is 0 Å². The van der Waals surface area contributed by atoms with Gasteiger partial charge < -0.3 is 0 Å². The predicted molar refractivity (Wildman–Crippen MR) is 59.9 cm³/mol. The summed E-state index contributed by atoms with van der Waals surface area (Å²) in [5, 5.41) is 0. The molecule has 0 aliphatic rings. The molecule has 0 N–H and O–H groups in total. The molecule has 70 valence electrons. The smallest absolute Gasteiger partial charge is 0.135 e. The fourth-order valence-corrected chi connectivity index (χ4v) is 6.08. The normalized spacial score (nSPS) is 11.2. The van der Waals surface area contributed by atoms with Crippen molar-refractivity contribution >= 4 is 8.07 Å². The molecule has 0 radical (unpaired) electrons. The number of hydrogen-bond acceptors (Lipinski definition) is 0. The first-order chi connectivity index (χ1) is 5.74. The van der Waals surface area contributed by atoms with Gasteiger partial charge in [0.1, 0.15) is 8.07 Å². The molecular formula is C11H22Si. The molecule has 0 heterocycles. The summed E-state index contributed by atoms with van der Waals surface area (Å²) in [5.41, 5.74) is 3.16. The Morgan fingerprint density at radius 2 is 1.25 bits per heavy atom. The van der Waals surface area contributed by atoms with Crippen LogP contribution in [0.15, 0.2) is 0 Å². The molecule has 0 rings (SSSR count). The van der Waals surface area contributed by atoms with E-state index < -0.39 is 8.07 Å². The third-order valence-corrected chi connectivity index (χ3v) is 7.48. The Kier molecular flexibility index (Phi) is 6.19. The highest BCUT2D eigenvalue weighted by atomic mass is 28.3. The van der Waals surface area contributed by atoms with Crippen LogP contribution in [-0.4, -0.2) is 8.07 Å². The van der Waals surface area contributed by atoms with Gasteiger partial charge in [-0.2, -0.15) is 0 Å². The van der Waals surface area contributed by atoms with E-state index >= 15 is 0 Å².